The van der Waals surface area contributed by atoms with Crippen molar-refractivity contribution < 1.29 is 0 Å². The van der Waals surface area contributed by atoms with E-state index in [1.54, 1.807) is 0 Å². The first kappa shape index (κ1) is 14.6. The van der Waals surface area contributed by atoms with E-state index in [0.29, 0.717) is 0 Å². The summed E-state index contributed by atoms with van der Waals surface area (Å²) in [5.74, 6) is 6.36. The molecule has 0 radical (unpaired) electrons. The van der Waals surface area contributed by atoms with Crippen LogP contribution in [0.25, 0.3) is 11.1 Å². The van der Waals surface area contributed by atoms with Crippen molar-refractivity contribution in [3.8, 4) is 23.0 Å². The van der Waals surface area contributed by atoms with Crippen LogP contribution < -0.4 is 0 Å². The van der Waals surface area contributed by atoms with Crippen LogP contribution in [-0.2, 0) is 0 Å². The summed E-state index contributed by atoms with van der Waals surface area (Å²) >= 11 is 0. The van der Waals surface area contributed by atoms with Gasteiger partial charge in [0.05, 0.1) is 0 Å². The zero-order chi connectivity index (χ0) is 13.6. The van der Waals surface area contributed by atoms with Crippen LogP contribution in [0.4, 0.5) is 0 Å². The fraction of sp³-hybridized carbons (Fsp3) is 0.0476. The molecule has 0 atom stereocenters. The number of rotatable bonds is 1. The minimum absolute atomic E-state index is 0. The molecule has 0 N–H and O–H groups in total. The Labute approximate surface area is 127 Å². The molecule has 0 spiro atoms. The molecule has 0 unspecified atom stereocenters. The quantitative estimate of drug-likeness (QED) is 0.520. The highest BCUT2D eigenvalue weighted by Crippen LogP contribution is 2.18. The molecule has 0 aliphatic rings. The molecule has 0 saturated heterocycles. The van der Waals surface area contributed by atoms with Gasteiger partial charge in [0, 0.05) is 11.1 Å². The van der Waals surface area contributed by atoms with E-state index in [1.807, 2.05) is 36.4 Å². The van der Waals surface area contributed by atoms with Crippen molar-refractivity contribution in [1.29, 1.82) is 0 Å². The van der Waals surface area contributed by atoms with Crippen LogP contribution in [0.2, 0.25) is 0 Å². The second-order valence-corrected chi connectivity index (χ2v) is 4.56. The maximum absolute atomic E-state index is 3.19. The minimum atomic E-state index is 0. The lowest BCUT2D eigenvalue weighted by Gasteiger charge is -2.00. The van der Waals surface area contributed by atoms with Crippen LogP contribution in [0.5, 0.6) is 0 Å². The third-order valence-electron chi connectivity index (χ3n) is 3.12. The van der Waals surface area contributed by atoms with Gasteiger partial charge in [0.15, 0.2) is 0 Å². The molecule has 3 aromatic carbocycles. The molecular weight excluding hydrogens is 252 g/mol. The second-order valence-electron chi connectivity index (χ2n) is 4.56. The van der Waals surface area contributed by atoms with E-state index >= 15 is 0 Å². The van der Waals surface area contributed by atoms with Crippen molar-refractivity contribution in [2.75, 3.05) is 0 Å². The van der Waals surface area contributed by atoms with Crippen LogP contribution in [0.3, 0.4) is 0 Å². The molecule has 0 nitrogen and oxygen atoms in total. The Morgan fingerprint density at radius 1 is 0.429 bits per heavy atom. The Bertz CT molecular complexity index is 727. The standard InChI is InChI=1S/C20H14.CH4/c1-3-7-17(8-4-1)11-12-18-13-15-20(16-14-18)19-9-5-2-6-10-19;/h1-10,13-16H;1H4. The SMILES string of the molecule is C.C(#Cc1ccc(-c2ccccc2)cc1)c1ccccc1. The van der Waals surface area contributed by atoms with Gasteiger partial charge >= 0.3 is 0 Å². The molecule has 0 aromatic heterocycles. The minimum Gasteiger partial charge on any atom is -0.0776 e. The summed E-state index contributed by atoms with van der Waals surface area (Å²) in [6, 6.07) is 28.8. The van der Waals surface area contributed by atoms with E-state index < -0.39 is 0 Å². The maximum Gasteiger partial charge on any atom is 0.0249 e. The number of benzene rings is 3. The van der Waals surface area contributed by atoms with Crippen molar-refractivity contribution in [3.63, 3.8) is 0 Å². The molecule has 21 heavy (non-hydrogen) atoms. The van der Waals surface area contributed by atoms with Gasteiger partial charge in [-0.3, -0.25) is 0 Å². The van der Waals surface area contributed by atoms with E-state index in [0.717, 1.165) is 11.1 Å². The average Bonchev–Trinajstić information content (AvgIpc) is 2.55. The van der Waals surface area contributed by atoms with Gasteiger partial charge in [-0.25, -0.2) is 0 Å². The van der Waals surface area contributed by atoms with Crippen LogP contribution in [0.15, 0.2) is 84.9 Å². The fourth-order valence-corrected chi connectivity index (χ4v) is 2.04. The topological polar surface area (TPSA) is 0 Å². The van der Waals surface area contributed by atoms with Crippen LogP contribution in [-0.4, -0.2) is 0 Å². The summed E-state index contributed by atoms with van der Waals surface area (Å²) < 4.78 is 0. The first-order valence-corrected chi connectivity index (χ1v) is 6.64. The van der Waals surface area contributed by atoms with Crippen molar-refractivity contribution >= 4 is 0 Å². The molecular formula is C21H18. The van der Waals surface area contributed by atoms with Gasteiger partial charge in [-0.2, -0.15) is 0 Å². The van der Waals surface area contributed by atoms with Gasteiger partial charge in [0.2, 0.25) is 0 Å². The summed E-state index contributed by atoms with van der Waals surface area (Å²) in [5, 5.41) is 0. The lowest BCUT2D eigenvalue weighted by atomic mass is 10.0. The molecule has 0 heterocycles. The third-order valence-corrected chi connectivity index (χ3v) is 3.12. The summed E-state index contributed by atoms with van der Waals surface area (Å²) in [7, 11) is 0. The molecule has 0 aliphatic heterocycles. The summed E-state index contributed by atoms with van der Waals surface area (Å²) in [6.45, 7) is 0. The van der Waals surface area contributed by atoms with Crippen LogP contribution in [0, 0.1) is 11.8 Å². The molecule has 0 saturated carbocycles. The van der Waals surface area contributed by atoms with Crippen molar-refractivity contribution in [2.45, 2.75) is 7.43 Å². The predicted octanol–water partition coefficient (Wildman–Crippen LogP) is 5.39. The average molecular weight is 270 g/mol. The largest absolute Gasteiger partial charge is 0.0776 e. The van der Waals surface area contributed by atoms with Crippen molar-refractivity contribution in [1.82, 2.24) is 0 Å². The Kier molecular flexibility index (Phi) is 4.96. The van der Waals surface area contributed by atoms with Gasteiger partial charge in [0.1, 0.15) is 0 Å². The van der Waals surface area contributed by atoms with E-state index in [9.17, 15) is 0 Å². The first-order valence-electron chi connectivity index (χ1n) is 6.64. The molecule has 0 fully saturated rings. The third kappa shape index (κ3) is 3.84. The molecule has 0 bridgehead atoms. The highest BCUT2D eigenvalue weighted by atomic mass is 14.0. The summed E-state index contributed by atoms with van der Waals surface area (Å²) in [5.41, 5.74) is 4.53. The lowest BCUT2D eigenvalue weighted by molar-refractivity contribution is 1.59. The second kappa shape index (κ2) is 7.12. The van der Waals surface area contributed by atoms with Gasteiger partial charge in [-0.1, -0.05) is 79.9 Å². The molecule has 0 amide bonds. The Hall–Kier alpha value is -2.78. The first-order chi connectivity index (χ1) is 9.92. The van der Waals surface area contributed by atoms with Crippen LogP contribution >= 0.6 is 0 Å². The molecule has 3 aromatic rings. The van der Waals surface area contributed by atoms with Crippen molar-refractivity contribution in [3.05, 3.63) is 96.1 Å². The highest BCUT2D eigenvalue weighted by molar-refractivity contribution is 5.64. The lowest BCUT2D eigenvalue weighted by Crippen LogP contribution is -1.79. The van der Waals surface area contributed by atoms with Crippen LogP contribution in [0.1, 0.15) is 18.6 Å². The monoisotopic (exact) mass is 270 g/mol. The van der Waals surface area contributed by atoms with E-state index in [1.165, 1.54) is 11.1 Å². The molecule has 0 aliphatic carbocycles. The normalized spacial score (nSPS) is 9.14. The molecule has 0 heteroatoms. The summed E-state index contributed by atoms with van der Waals surface area (Å²) in [6.07, 6.45) is 0. The van der Waals surface area contributed by atoms with E-state index in [-0.39, 0.29) is 7.43 Å². The van der Waals surface area contributed by atoms with Gasteiger partial charge in [0.25, 0.3) is 0 Å². The molecule has 102 valence electrons. The zero-order valence-corrected chi connectivity index (χ0v) is 11.1. The zero-order valence-electron chi connectivity index (χ0n) is 11.1. The number of hydrogen-bond acceptors (Lipinski definition) is 0. The van der Waals surface area contributed by atoms with E-state index in [4.69, 9.17) is 0 Å². The van der Waals surface area contributed by atoms with Gasteiger partial charge < -0.3 is 0 Å². The highest BCUT2D eigenvalue weighted by Gasteiger charge is 1.95. The maximum atomic E-state index is 3.19. The van der Waals surface area contributed by atoms with Gasteiger partial charge in [-0.05, 0) is 35.4 Å². The Morgan fingerprint density at radius 2 is 0.857 bits per heavy atom. The Morgan fingerprint density at radius 3 is 1.43 bits per heavy atom. The Balaban J connectivity index is 0.00000161. The summed E-state index contributed by atoms with van der Waals surface area (Å²) in [4.78, 5) is 0. The predicted molar refractivity (Wildman–Crippen MR) is 91.0 cm³/mol. The fourth-order valence-electron chi connectivity index (χ4n) is 2.04. The smallest absolute Gasteiger partial charge is 0.0249 e. The van der Waals surface area contributed by atoms with Gasteiger partial charge in [-0.15, -0.1) is 0 Å². The van der Waals surface area contributed by atoms with Crippen molar-refractivity contribution in [2.24, 2.45) is 0 Å². The van der Waals surface area contributed by atoms with E-state index in [2.05, 4.69) is 60.4 Å². The molecule has 3 rings (SSSR count). The number of hydrogen-bond donors (Lipinski definition) is 0.